The second kappa shape index (κ2) is 8.19. The van der Waals surface area contributed by atoms with Crippen LogP contribution in [-0.2, 0) is 0 Å². The minimum atomic E-state index is -0.945. The van der Waals surface area contributed by atoms with Gasteiger partial charge in [0.05, 0.1) is 25.1 Å². The van der Waals surface area contributed by atoms with Crippen LogP contribution in [0.2, 0.25) is 0 Å². The lowest BCUT2D eigenvalue weighted by Gasteiger charge is -2.14. The highest BCUT2D eigenvalue weighted by Gasteiger charge is 2.13. The predicted molar refractivity (Wildman–Crippen MR) is 82.9 cm³/mol. The highest BCUT2D eigenvalue weighted by Crippen LogP contribution is 2.25. The van der Waals surface area contributed by atoms with Crippen molar-refractivity contribution in [1.82, 2.24) is 5.32 Å². The Labute approximate surface area is 133 Å². The van der Waals surface area contributed by atoms with Gasteiger partial charge in [-0.2, -0.15) is 0 Å². The number of nitrogens with one attached hydrogen (secondary N) is 2. The number of urea groups is 1. The quantitative estimate of drug-likeness (QED) is 0.731. The maximum atomic E-state index is 13.3. The van der Waals surface area contributed by atoms with Crippen LogP contribution < -0.4 is 15.4 Å². The van der Waals surface area contributed by atoms with Gasteiger partial charge in [-0.25, -0.2) is 9.18 Å². The molecule has 23 heavy (non-hydrogen) atoms. The summed E-state index contributed by atoms with van der Waals surface area (Å²) in [6.45, 7) is 2.32. The Balaban J connectivity index is 1.91. The van der Waals surface area contributed by atoms with Gasteiger partial charge < -0.3 is 24.9 Å². The maximum Gasteiger partial charge on any atom is 0.319 e. The third-order valence-corrected chi connectivity index (χ3v) is 2.98. The minimum Gasteiger partial charge on any atom is -0.491 e. The summed E-state index contributed by atoms with van der Waals surface area (Å²) in [5.41, 5.74) is 0.352. The molecule has 124 valence electrons. The first kappa shape index (κ1) is 16.8. The number of hydrogen-bond donors (Lipinski definition) is 3. The number of anilines is 1. The van der Waals surface area contributed by atoms with E-state index in [1.807, 2.05) is 6.92 Å². The van der Waals surface area contributed by atoms with E-state index >= 15 is 0 Å². The molecular formula is C16H19FN2O4. The predicted octanol–water partition coefficient (Wildman–Crippen LogP) is 3.06. The number of halogens is 1. The summed E-state index contributed by atoms with van der Waals surface area (Å²) in [7, 11) is 0. The van der Waals surface area contributed by atoms with Gasteiger partial charge in [0, 0.05) is 6.07 Å². The largest absolute Gasteiger partial charge is 0.491 e. The molecule has 0 spiro atoms. The monoisotopic (exact) mass is 322 g/mol. The third kappa shape index (κ3) is 5.00. The maximum absolute atomic E-state index is 13.3. The van der Waals surface area contributed by atoms with Crippen molar-refractivity contribution in [3.63, 3.8) is 0 Å². The number of benzene rings is 1. The summed E-state index contributed by atoms with van der Waals surface area (Å²) in [5.74, 6) is 0.169. The summed E-state index contributed by atoms with van der Waals surface area (Å²) in [6, 6.07) is 6.58. The van der Waals surface area contributed by atoms with Crippen molar-refractivity contribution in [2.75, 3.05) is 18.5 Å². The van der Waals surface area contributed by atoms with Crippen LogP contribution in [-0.4, -0.2) is 24.3 Å². The Morgan fingerprint density at radius 3 is 2.96 bits per heavy atom. The van der Waals surface area contributed by atoms with Crippen LogP contribution in [0.25, 0.3) is 0 Å². The Morgan fingerprint density at radius 1 is 1.43 bits per heavy atom. The molecule has 0 fully saturated rings. The minimum absolute atomic E-state index is 0.0221. The fourth-order valence-corrected chi connectivity index (χ4v) is 1.87. The zero-order chi connectivity index (χ0) is 16.7. The van der Waals surface area contributed by atoms with Crippen LogP contribution in [0.15, 0.2) is 41.0 Å². The second-order valence-corrected chi connectivity index (χ2v) is 4.86. The third-order valence-electron chi connectivity index (χ3n) is 2.98. The summed E-state index contributed by atoms with van der Waals surface area (Å²) in [4.78, 5) is 11.9. The van der Waals surface area contributed by atoms with Gasteiger partial charge in [0.25, 0.3) is 0 Å². The van der Waals surface area contributed by atoms with Crippen molar-refractivity contribution >= 4 is 11.7 Å². The van der Waals surface area contributed by atoms with Crippen molar-refractivity contribution in [3.05, 3.63) is 48.2 Å². The van der Waals surface area contributed by atoms with E-state index in [9.17, 15) is 14.3 Å². The highest BCUT2D eigenvalue weighted by molar-refractivity contribution is 5.90. The highest BCUT2D eigenvalue weighted by atomic mass is 19.1. The molecule has 2 rings (SSSR count). The van der Waals surface area contributed by atoms with E-state index in [2.05, 4.69) is 10.6 Å². The summed E-state index contributed by atoms with van der Waals surface area (Å²) in [6.07, 6.45) is 1.26. The van der Waals surface area contributed by atoms with Gasteiger partial charge >= 0.3 is 6.03 Å². The normalized spacial score (nSPS) is 11.8. The molecule has 2 aromatic rings. The van der Waals surface area contributed by atoms with Crippen molar-refractivity contribution in [2.24, 2.45) is 0 Å². The van der Waals surface area contributed by atoms with E-state index in [1.165, 1.54) is 24.5 Å². The van der Waals surface area contributed by atoms with Gasteiger partial charge in [-0.3, -0.25) is 0 Å². The van der Waals surface area contributed by atoms with Crippen molar-refractivity contribution in [2.45, 2.75) is 19.4 Å². The number of carbonyl (C=O) groups is 1. The molecule has 0 aliphatic rings. The average Bonchev–Trinajstić information content (AvgIpc) is 3.07. The first-order chi connectivity index (χ1) is 11.1. The number of carbonyl (C=O) groups excluding carboxylic acids is 1. The Hall–Kier alpha value is -2.54. The first-order valence-corrected chi connectivity index (χ1v) is 7.28. The molecule has 1 aromatic heterocycles. The molecule has 0 saturated carbocycles. The van der Waals surface area contributed by atoms with Crippen LogP contribution >= 0.6 is 0 Å². The molecule has 3 N–H and O–H groups in total. The van der Waals surface area contributed by atoms with Crippen LogP contribution in [0.4, 0.5) is 14.9 Å². The standard InChI is InChI=1S/C16H19FN2O4/c1-2-7-22-15-9-11(17)5-6-12(15)19-16(21)18-10-13(20)14-4-3-8-23-14/h3-6,8-9,13,20H,2,7,10H2,1H3,(H2,18,19,21). The van der Waals surface area contributed by atoms with Crippen LogP contribution in [0.5, 0.6) is 5.75 Å². The van der Waals surface area contributed by atoms with E-state index in [1.54, 1.807) is 12.1 Å². The van der Waals surface area contributed by atoms with E-state index in [-0.39, 0.29) is 12.3 Å². The molecule has 1 heterocycles. The molecule has 1 atom stereocenters. The van der Waals surface area contributed by atoms with Crippen LogP contribution in [0, 0.1) is 5.82 Å². The van der Waals surface area contributed by atoms with Crippen LogP contribution in [0.3, 0.4) is 0 Å². The Kier molecular flexibility index (Phi) is 5.99. The smallest absolute Gasteiger partial charge is 0.319 e. The summed E-state index contributed by atoms with van der Waals surface area (Å²) >= 11 is 0. The zero-order valence-corrected chi connectivity index (χ0v) is 12.7. The second-order valence-electron chi connectivity index (χ2n) is 4.86. The number of rotatable bonds is 7. The molecule has 6 nitrogen and oxygen atoms in total. The van der Waals surface area contributed by atoms with Gasteiger partial charge in [0.1, 0.15) is 23.4 Å². The van der Waals surface area contributed by atoms with Gasteiger partial charge in [-0.05, 0) is 30.7 Å². The lowest BCUT2D eigenvalue weighted by Crippen LogP contribution is -2.32. The molecule has 0 saturated heterocycles. The number of aliphatic hydroxyl groups is 1. The SMILES string of the molecule is CCCOc1cc(F)ccc1NC(=O)NCC(O)c1ccco1. The average molecular weight is 322 g/mol. The fraction of sp³-hybridized carbons (Fsp3) is 0.312. The molecule has 0 radical (unpaired) electrons. The molecule has 0 aliphatic heterocycles. The van der Waals surface area contributed by atoms with Gasteiger partial charge in [0.15, 0.2) is 0 Å². The topological polar surface area (TPSA) is 83.7 Å². The molecule has 1 aromatic carbocycles. The van der Waals surface area contributed by atoms with Crippen molar-refractivity contribution in [1.29, 1.82) is 0 Å². The molecule has 0 aliphatic carbocycles. The number of ether oxygens (including phenoxy) is 1. The van der Waals surface area contributed by atoms with Gasteiger partial charge in [-0.1, -0.05) is 6.92 Å². The molecule has 0 bridgehead atoms. The van der Waals surface area contributed by atoms with E-state index < -0.39 is 18.0 Å². The zero-order valence-electron chi connectivity index (χ0n) is 12.7. The van der Waals surface area contributed by atoms with Crippen LogP contribution in [0.1, 0.15) is 25.2 Å². The molecule has 1 unspecified atom stereocenters. The number of furan rings is 1. The number of amides is 2. The summed E-state index contributed by atoms with van der Waals surface area (Å²) in [5, 5.41) is 14.9. The van der Waals surface area contributed by atoms with Gasteiger partial charge in [-0.15, -0.1) is 0 Å². The molecule has 7 heteroatoms. The van der Waals surface area contributed by atoms with E-state index in [4.69, 9.17) is 9.15 Å². The molecular weight excluding hydrogens is 303 g/mol. The summed E-state index contributed by atoms with van der Waals surface area (Å²) < 4.78 is 23.7. The van der Waals surface area contributed by atoms with Gasteiger partial charge in [0.2, 0.25) is 0 Å². The van der Waals surface area contributed by atoms with E-state index in [0.29, 0.717) is 18.1 Å². The number of hydrogen-bond acceptors (Lipinski definition) is 4. The fourth-order valence-electron chi connectivity index (χ4n) is 1.87. The number of aliphatic hydroxyl groups excluding tert-OH is 1. The van der Waals surface area contributed by atoms with E-state index in [0.717, 1.165) is 6.42 Å². The first-order valence-electron chi connectivity index (χ1n) is 7.28. The lowest BCUT2D eigenvalue weighted by atomic mass is 10.2. The molecule has 2 amide bonds. The Morgan fingerprint density at radius 2 is 2.26 bits per heavy atom. The van der Waals surface area contributed by atoms with Crippen molar-refractivity contribution in [3.8, 4) is 5.75 Å². The Bertz CT molecular complexity index is 631. The van der Waals surface area contributed by atoms with Crippen molar-refractivity contribution < 1.29 is 23.4 Å². The lowest BCUT2D eigenvalue weighted by molar-refractivity contribution is 0.149.